The van der Waals surface area contributed by atoms with Crippen molar-refractivity contribution in [2.24, 2.45) is 4.99 Å². The van der Waals surface area contributed by atoms with E-state index in [4.69, 9.17) is 9.47 Å². The normalized spacial score (nSPS) is 12.6. The predicted molar refractivity (Wildman–Crippen MR) is 125 cm³/mol. The molecule has 0 aliphatic rings. The molecule has 0 atom stereocenters. The number of aromatic nitrogens is 1. The molecule has 3 rings (SSSR count). The van der Waals surface area contributed by atoms with Crippen LogP contribution in [0.15, 0.2) is 52.4 Å². The molecule has 10 heteroatoms. The molecule has 1 amide bonds. The molecule has 0 spiro atoms. The first-order valence-corrected chi connectivity index (χ1v) is 12.5. The highest BCUT2D eigenvalue weighted by molar-refractivity contribution is 7.89. The summed E-state index contributed by atoms with van der Waals surface area (Å²) in [4.78, 5) is 17.9. The summed E-state index contributed by atoms with van der Waals surface area (Å²) in [5.41, 5.74) is 1.18. The number of rotatable bonds is 9. The molecule has 0 aliphatic heterocycles. The van der Waals surface area contributed by atoms with Crippen LogP contribution in [0.25, 0.3) is 10.2 Å². The number of hydrogen-bond donors (Lipinski definition) is 0. The third kappa shape index (κ3) is 5.09. The highest BCUT2D eigenvalue weighted by atomic mass is 32.2. The van der Waals surface area contributed by atoms with Crippen LogP contribution >= 0.6 is 11.3 Å². The Bertz CT molecular complexity index is 1260. The van der Waals surface area contributed by atoms with Crippen molar-refractivity contribution in [1.82, 2.24) is 8.87 Å². The van der Waals surface area contributed by atoms with E-state index in [1.54, 1.807) is 0 Å². The third-order valence-electron chi connectivity index (χ3n) is 4.70. The molecule has 0 N–H and O–H groups in total. The molecule has 0 fully saturated rings. The van der Waals surface area contributed by atoms with Crippen molar-refractivity contribution in [1.29, 1.82) is 0 Å². The van der Waals surface area contributed by atoms with E-state index < -0.39 is 15.9 Å². The first kappa shape index (κ1) is 24.1. The number of ether oxygens (including phenoxy) is 2. The fraction of sp³-hybridized carbons (Fsp3) is 0.364. The topological polar surface area (TPSA) is 90.2 Å². The van der Waals surface area contributed by atoms with E-state index in [9.17, 15) is 13.2 Å². The van der Waals surface area contributed by atoms with Gasteiger partial charge in [0.25, 0.3) is 5.91 Å². The first-order valence-electron chi connectivity index (χ1n) is 10.2. The molecule has 0 aliphatic carbocycles. The maximum atomic E-state index is 12.9. The summed E-state index contributed by atoms with van der Waals surface area (Å²) < 4.78 is 39.8. The number of fused-ring (bicyclic) bond motifs is 1. The standard InChI is InChI=1S/C22H27N3O5S2/c1-5-29-15-14-25-20-18(30-6-2)8-7-9-19(20)31-22(25)23-21(26)16-10-12-17(13-11-16)32(27,28)24(3)4/h7-13H,5-6,14-15H2,1-4H3. The SMILES string of the molecule is CCOCCn1c(=NC(=O)c2ccc(S(=O)(=O)N(C)C)cc2)sc2cccc(OCC)c21. The van der Waals surface area contributed by atoms with Gasteiger partial charge in [-0.1, -0.05) is 17.4 Å². The van der Waals surface area contributed by atoms with Crippen LogP contribution in [-0.2, 0) is 21.3 Å². The van der Waals surface area contributed by atoms with Crippen LogP contribution in [0.3, 0.4) is 0 Å². The number of hydrogen-bond acceptors (Lipinski definition) is 6. The number of nitrogens with zero attached hydrogens (tertiary/aromatic N) is 3. The van der Waals surface area contributed by atoms with Gasteiger partial charge in [-0.15, -0.1) is 0 Å². The van der Waals surface area contributed by atoms with Gasteiger partial charge in [0, 0.05) is 32.8 Å². The fourth-order valence-electron chi connectivity index (χ4n) is 3.09. The summed E-state index contributed by atoms with van der Waals surface area (Å²) in [6.45, 7) is 5.95. The average Bonchev–Trinajstić information content (AvgIpc) is 3.12. The highest BCUT2D eigenvalue weighted by Crippen LogP contribution is 2.27. The van der Waals surface area contributed by atoms with Gasteiger partial charge in [0.05, 0.1) is 22.8 Å². The van der Waals surface area contributed by atoms with Gasteiger partial charge in [-0.05, 0) is 50.2 Å². The summed E-state index contributed by atoms with van der Waals surface area (Å²) in [6.07, 6.45) is 0. The van der Waals surface area contributed by atoms with Gasteiger partial charge >= 0.3 is 0 Å². The average molecular weight is 478 g/mol. The van der Waals surface area contributed by atoms with E-state index in [2.05, 4.69) is 4.99 Å². The molecule has 8 nitrogen and oxygen atoms in total. The number of carbonyl (C=O) groups excluding carboxylic acids is 1. The zero-order chi connectivity index (χ0) is 23.3. The minimum atomic E-state index is -3.56. The monoisotopic (exact) mass is 477 g/mol. The van der Waals surface area contributed by atoms with E-state index in [-0.39, 0.29) is 4.90 Å². The molecule has 0 unspecified atom stereocenters. The Morgan fingerprint density at radius 3 is 2.44 bits per heavy atom. The molecule has 0 radical (unpaired) electrons. The molecule has 2 aromatic carbocycles. The Balaban J connectivity index is 2.04. The number of para-hydroxylation sites is 1. The number of amides is 1. The Morgan fingerprint density at radius 2 is 1.81 bits per heavy atom. The van der Waals surface area contributed by atoms with E-state index in [1.807, 2.05) is 36.6 Å². The summed E-state index contributed by atoms with van der Waals surface area (Å²) in [5, 5.41) is 0. The highest BCUT2D eigenvalue weighted by Gasteiger charge is 2.18. The summed E-state index contributed by atoms with van der Waals surface area (Å²) in [7, 11) is -0.642. The van der Waals surface area contributed by atoms with Crippen LogP contribution in [0.1, 0.15) is 24.2 Å². The van der Waals surface area contributed by atoms with Crippen LogP contribution < -0.4 is 9.54 Å². The Morgan fingerprint density at radius 1 is 1.09 bits per heavy atom. The van der Waals surface area contributed by atoms with Gasteiger partial charge < -0.3 is 14.0 Å². The van der Waals surface area contributed by atoms with Crippen molar-refractivity contribution >= 4 is 37.5 Å². The van der Waals surface area contributed by atoms with Crippen molar-refractivity contribution < 1.29 is 22.7 Å². The minimum absolute atomic E-state index is 0.119. The smallest absolute Gasteiger partial charge is 0.279 e. The van der Waals surface area contributed by atoms with Crippen molar-refractivity contribution in [3.05, 3.63) is 52.8 Å². The number of sulfonamides is 1. The second-order valence-electron chi connectivity index (χ2n) is 7.00. The maximum Gasteiger partial charge on any atom is 0.279 e. The van der Waals surface area contributed by atoms with E-state index in [0.717, 1.165) is 20.3 Å². The lowest BCUT2D eigenvalue weighted by molar-refractivity contribution is 0.0996. The predicted octanol–water partition coefficient (Wildman–Crippen LogP) is 3.13. The Labute approximate surface area is 191 Å². The first-order chi connectivity index (χ1) is 15.3. The molecule has 3 aromatic rings. The molecule has 32 heavy (non-hydrogen) atoms. The molecule has 1 heterocycles. The molecule has 0 saturated heterocycles. The van der Waals surface area contributed by atoms with Crippen molar-refractivity contribution in [2.75, 3.05) is 33.9 Å². The zero-order valence-electron chi connectivity index (χ0n) is 18.6. The lowest BCUT2D eigenvalue weighted by Gasteiger charge is -2.11. The fourth-order valence-corrected chi connectivity index (χ4v) is 5.07. The molecule has 172 valence electrons. The lowest BCUT2D eigenvalue weighted by atomic mass is 10.2. The molecule has 1 aromatic heterocycles. The van der Waals surface area contributed by atoms with Gasteiger partial charge in [-0.3, -0.25) is 4.79 Å². The summed E-state index contributed by atoms with van der Waals surface area (Å²) >= 11 is 1.39. The van der Waals surface area contributed by atoms with Crippen molar-refractivity contribution in [3.8, 4) is 5.75 Å². The van der Waals surface area contributed by atoms with Crippen molar-refractivity contribution in [2.45, 2.75) is 25.3 Å². The zero-order valence-corrected chi connectivity index (χ0v) is 20.2. The van der Waals surface area contributed by atoms with Gasteiger partial charge in [0.1, 0.15) is 11.3 Å². The van der Waals surface area contributed by atoms with Gasteiger partial charge in [-0.2, -0.15) is 4.99 Å². The Hall–Kier alpha value is -2.53. The minimum Gasteiger partial charge on any atom is -0.492 e. The van der Waals surface area contributed by atoms with Crippen LogP contribution in [0.2, 0.25) is 0 Å². The van der Waals surface area contributed by atoms with Gasteiger partial charge in [-0.25, -0.2) is 12.7 Å². The van der Waals surface area contributed by atoms with E-state index in [0.29, 0.717) is 36.7 Å². The number of carbonyl (C=O) groups is 1. The largest absolute Gasteiger partial charge is 0.492 e. The van der Waals surface area contributed by atoms with Crippen LogP contribution in [0, 0.1) is 0 Å². The quantitative estimate of drug-likeness (QED) is 0.442. The maximum absolute atomic E-state index is 12.9. The van der Waals surface area contributed by atoms with Gasteiger partial charge in [0.15, 0.2) is 4.80 Å². The van der Waals surface area contributed by atoms with E-state index >= 15 is 0 Å². The number of thiazole rings is 1. The molecular formula is C22H27N3O5S2. The van der Waals surface area contributed by atoms with Crippen LogP contribution in [-0.4, -0.2) is 57.1 Å². The second kappa shape index (κ2) is 10.4. The third-order valence-corrected chi connectivity index (χ3v) is 7.58. The Kier molecular flexibility index (Phi) is 7.83. The van der Waals surface area contributed by atoms with Crippen LogP contribution in [0.5, 0.6) is 5.75 Å². The molecule has 0 saturated carbocycles. The van der Waals surface area contributed by atoms with E-state index in [1.165, 1.54) is 49.7 Å². The van der Waals surface area contributed by atoms with Gasteiger partial charge in [0.2, 0.25) is 10.0 Å². The molecule has 0 bridgehead atoms. The van der Waals surface area contributed by atoms with Crippen LogP contribution in [0.4, 0.5) is 0 Å². The van der Waals surface area contributed by atoms with Crippen molar-refractivity contribution in [3.63, 3.8) is 0 Å². The lowest BCUT2D eigenvalue weighted by Crippen LogP contribution is -2.22. The molecular weight excluding hydrogens is 450 g/mol. The number of benzene rings is 2. The second-order valence-corrected chi connectivity index (χ2v) is 10.2. The summed E-state index contributed by atoms with van der Waals surface area (Å²) in [6, 6.07) is 11.6. The summed E-state index contributed by atoms with van der Waals surface area (Å²) in [5.74, 6) is 0.276.